The van der Waals surface area contributed by atoms with E-state index in [1.165, 1.54) is 6.20 Å². The smallest absolute Gasteiger partial charge is 0.287 e. The minimum Gasteiger partial charge on any atom is -0.350 e. The first kappa shape index (κ1) is 21.2. The molecule has 4 aliphatic heterocycles. The average molecular weight is 437 g/mol. The molecule has 4 unspecified atom stereocenters. The maximum atomic E-state index is 11.5. The number of carbonyl (C=O) groups is 1. The van der Waals surface area contributed by atoms with Crippen LogP contribution in [0.15, 0.2) is 6.20 Å². The molecule has 6 rings (SSSR count). The molecule has 0 aromatic carbocycles. The number of nitrogens with one attached hydrogen (secondary N) is 1. The summed E-state index contributed by atoms with van der Waals surface area (Å²) in [6, 6.07) is 0. The van der Waals surface area contributed by atoms with Crippen molar-refractivity contribution >= 4 is 5.91 Å². The van der Waals surface area contributed by atoms with Crippen molar-refractivity contribution in [3.8, 4) is 0 Å². The first-order valence-electron chi connectivity index (χ1n) is 11.1. The van der Waals surface area contributed by atoms with Gasteiger partial charge in [0, 0.05) is 18.3 Å². The molecule has 31 heavy (non-hydrogen) atoms. The van der Waals surface area contributed by atoms with Gasteiger partial charge in [0.25, 0.3) is 5.91 Å². The third-order valence-corrected chi connectivity index (χ3v) is 7.60. The molecule has 1 aromatic rings. The van der Waals surface area contributed by atoms with Gasteiger partial charge in [0.2, 0.25) is 5.79 Å². The van der Waals surface area contributed by atoms with Crippen LogP contribution in [0.25, 0.3) is 0 Å². The van der Waals surface area contributed by atoms with Gasteiger partial charge in [-0.25, -0.2) is 20.3 Å². The van der Waals surface area contributed by atoms with Crippen LogP contribution in [0, 0.1) is 23.7 Å². The lowest BCUT2D eigenvalue weighted by Crippen LogP contribution is -2.70. The van der Waals surface area contributed by atoms with Crippen LogP contribution >= 0.6 is 0 Å². The zero-order valence-corrected chi connectivity index (χ0v) is 18.2. The van der Waals surface area contributed by atoms with Gasteiger partial charge in [-0.2, -0.15) is 0 Å². The van der Waals surface area contributed by atoms with Crippen LogP contribution in [0.1, 0.15) is 56.9 Å². The van der Waals surface area contributed by atoms with E-state index in [0.717, 1.165) is 25.7 Å². The summed E-state index contributed by atoms with van der Waals surface area (Å²) in [7, 11) is 0. The number of ether oxygens (including phenoxy) is 3. The molecule has 4 saturated heterocycles. The Morgan fingerprint density at radius 3 is 2.97 bits per heavy atom. The van der Waals surface area contributed by atoms with Crippen molar-refractivity contribution in [1.29, 1.82) is 0 Å². The lowest BCUT2D eigenvalue weighted by atomic mass is 9.58. The molecule has 1 aromatic heterocycles. The van der Waals surface area contributed by atoms with E-state index in [9.17, 15) is 4.79 Å². The summed E-state index contributed by atoms with van der Waals surface area (Å²) in [5.74, 6) is 5.00. The quantitative estimate of drug-likeness (QED) is 0.301. The van der Waals surface area contributed by atoms with E-state index < -0.39 is 29.9 Å². The van der Waals surface area contributed by atoms with E-state index in [-0.39, 0.29) is 17.5 Å². The molecule has 0 radical (unpaired) electrons. The van der Waals surface area contributed by atoms with E-state index in [1.54, 1.807) is 4.68 Å². The van der Waals surface area contributed by atoms with E-state index in [2.05, 4.69) is 24.2 Å². The summed E-state index contributed by atoms with van der Waals surface area (Å²) in [6.45, 7) is 7.13. The van der Waals surface area contributed by atoms with Gasteiger partial charge in [0.05, 0.1) is 19.3 Å². The van der Waals surface area contributed by atoms with Gasteiger partial charge in [-0.3, -0.25) is 10.2 Å². The van der Waals surface area contributed by atoms with E-state index >= 15 is 0 Å². The Morgan fingerprint density at radius 1 is 1.32 bits per heavy atom. The molecule has 3 N–H and O–H groups in total. The van der Waals surface area contributed by atoms with Crippen molar-refractivity contribution < 1.29 is 28.8 Å². The second kappa shape index (κ2) is 7.75. The highest BCUT2D eigenvalue weighted by atomic mass is 17.3. The number of rotatable bonds is 5. The van der Waals surface area contributed by atoms with E-state index in [4.69, 9.17) is 29.8 Å². The Labute approximate surface area is 180 Å². The molecule has 11 nitrogen and oxygen atoms in total. The van der Waals surface area contributed by atoms with Crippen LogP contribution in [0.2, 0.25) is 0 Å². The number of hydrogen-bond acceptors (Lipinski definition) is 9. The molecule has 11 heteroatoms. The van der Waals surface area contributed by atoms with E-state index in [0.29, 0.717) is 25.0 Å². The zero-order chi connectivity index (χ0) is 21.8. The summed E-state index contributed by atoms with van der Waals surface area (Å²) in [5, 5.41) is 7.73. The van der Waals surface area contributed by atoms with Crippen LogP contribution in [0.3, 0.4) is 0 Å². The van der Waals surface area contributed by atoms with E-state index in [1.807, 2.05) is 12.3 Å². The molecule has 5 aliphatic rings. The van der Waals surface area contributed by atoms with Crippen LogP contribution in [0.5, 0.6) is 0 Å². The summed E-state index contributed by atoms with van der Waals surface area (Å²) in [4.78, 5) is 23.5. The SMILES string of the molecule is C[C@H]1C(OCCn2cc(C(=O)NN)nn2)OC2O[C@]3(C)CCC4[C@H](C)CCC1[C@@]24OO3. The van der Waals surface area contributed by atoms with Crippen LogP contribution in [-0.2, 0) is 30.5 Å². The number of aromatic nitrogens is 3. The number of hydrogen-bond donors (Lipinski definition) is 2. The molecule has 8 atom stereocenters. The molecule has 1 saturated carbocycles. The largest absolute Gasteiger partial charge is 0.350 e. The molecular weight excluding hydrogens is 406 g/mol. The normalized spacial score (nSPS) is 43.9. The Balaban J connectivity index is 1.29. The Hall–Kier alpha value is -1.63. The van der Waals surface area contributed by atoms with Gasteiger partial charge < -0.3 is 14.2 Å². The minimum atomic E-state index is -0.802. The predicted octanol–water partition coefficient (Wildman–Crippen LogP) is 1.11. The van der Waals surface area contributed by atoms with Gasteiger partial charge in [-0.1, -0.05) is 19.1 Å². The average Bonchev–Trinajstić information content (AvgIpc) is 3.11. The number of amides is 1. The first-order valence-corrected chi connectivity index (χ1v) is 11.1. The van der Waals surface area contributed by atoms with Crippen molar-refractivity contribution in [2.45, 2.75) is 77.0 Å². The number of nitrogen functional groups attached to an aromatic ring is 1. The number of carbonyl (C=O) groups excluding carboxylic acids is 1. The molecule has 172 valence electrons. The standard InChI is InChI=1S/C20H31N5O6/c1-11-4-5-14-12(2)17(27-9-8-25-10-15(23-24-25)16(26)22-21)28-18-20(14)13(11)6-7-19(3,29-18)30-31-20/h10-14,17-18H,4-9,21H2,1-3H3,(H,22,26)/t11-,12-,13?,14?,17?,18?,19+,20-/m1/s1. The van der Waals surface area contributed by atoms with Crippen molar-refractivity contribution in [2.75, 3.05) is 6.61 Å². The molecule has 1 spiro atoms. The van der Waals surface area contributed by atoms with Crippen molar-refractivity contribution in [2.24, 2.45) is 29.5 Å². The monoisotopic (exact) mass is 437 g/mol. The molecule has 2 bridgehead atoms. The highest BCUT2D eigenvalue weighted by molar-refractivity contribution is 5.91. The number of nitrogens with two attached hydrogens (primary N) is 1. The lowest BCUT2D eigenvalue weighted by Gasteiger charge is -2.60. The maximum Gasteiger partial charge on any atom is 0.287 e. The third kappa shape index (κ3) is 3.38. The summed E-state index contributed by atoms with van der Waals surface area (Å²) >= 11 is 0. The van der Waals surface area contributed by atoms with Crippen molar-refractivity contribution in [3.63, 3.8) is 0 Å². The number of fused-ring (bicyclic) bond motifs is 2. The van der Waals surface area contributed by atoms with Crippen molar-refractivity contribution in [1.82, 2.24) is 20.4 Å². The zero-order valence-electron chi connectivity index (χ0n) is 18.2. The Bertz CT molecular complexity index is 837. The highest BCUT2D eigenvalue weighted by Crippen LogP contribution is 2.60. The molecule has 1 aliphatic carbocycles. The fourth-order valence-corrected chi connectivity index (χ4v) is 5.91. The fourth-order valence-electron chi connectivity index (χ4n) is 5.91. The number of nitrogens with zero attached hydrogens (tertiary/aromatic N) is 3. The number of hydrazine groups is 1. The topological polar surface area (TPSA) is 132 Å². The minimum absolute atomic E-state index is 0.107. The third-order valence-electron chi connectivity index (χ3n) is 7.60. The second-order valence-corrected chi connectivity index (χ2v) is 9.48. The molecule has 5 fully saturated rings. The van der Waals surface area contributed by atoms with Gasteiger partial charge >= 0.3 is 0 Å². The van der Waals surface area contributed by atoms with Gasteiger partial charge in [-0.05, 0) is 38.0 Å². The van der Waals surface area contributed by atoms with Gasteiger partial charge in [0.1, 0.15) is 0 Å². The molecule has 1 amide bonds. The summed E-state index contributed by atoms with van der Waals surface area (Å²) in [5.41, 5.74) is 1.60. The van der Waals surface area contributed by atoms with Crippen LogP contribution in [0.4, 0.5) is 0 Å². The van der Waals surface area contributed by atoms with Gasteiger partial charge in [-0.15, -0.1) is 5.10 Å². The molecular formula is C20H31N5O6. The van der Waals surface area contributed by atoms with Crippen LogP contribution < -0.4 is 11.3 Å². The highest BCUT2D eigenvalue weighted by Gasteiger charge is 2.69. The summed E-state index contributed by atoms with van der Waals surface area (Å²) in [6.07, 6.45) is 4.50. The first-order chi connectivity index (χ1) is 14.9. The Morgan fingerprint density at radius 2 is 2.16 bits per heavy atom. The Kier molecular flexibility index (Phi) is 5.31. The summed E-state index contributed by atoms with van der Waals surface area (Å²) < 4.78 is 20.4. The second-order valence-electron chi connectivity index (χ2n) is 9.48. The van der Waals surface area contributed by atoms with Crippen LogP contribution in [-0.4, -0.2) is 51.5 Å². The lowest BCUT2D eigenvalue weighted by molar-refractivity contribution is -0.577. The maximum absolute atomic E-state index is 11.5. The molecule has 5 heterocycles. The predicted molar refractivity (Wildman–Crippen MR) is 104 cm³/mol. The van der Waals surface area contributed by atoms with Crippen molar-refractivity contribution in [3.05, 3.63) is 11.9 Å². The van der Waals surface area contributed by atoms with Gasteiger partial charge in [0.15, 0.2) is 23.9 Å². The fraction of sp³-hybridized carbons (Fsp3) is 0.850.